The van der Waals surface area contributed by atoms with E-state index in [9.17, 15) is 4.79 Å². The van der Waals surface area contributed by atoms with Crippen LogP contribution in [0.15, 0.2) is 59.4 Å². The van der Waals surface area contributed by atoms with Gasteiger partial charge in [-0.25, -0.2) is 0 Å². The molecule has 0 radical (unpaired) electrons. The van der Waals surface area contributed by atoms with Crippen molar-refractivity contribution >= 4 is 10.9 Å². The first-order valence-electron chi connectivity index (χ1n) is 7.59. The molecule has 0 fully saturated rings. The Bertz CT molecular complexity index is 836. The first-order chi connectivity index (χ1) is 10.7. The minimum absolute atomic E-state index is 0.0123. The van der Waals surface area contributed by atoms with Crippen molar-refractivity contribution in [2.75, 3.05) is 6.54 Å². The van der Waals surface area contributed by atoms with Gasteiger partial charge >= 0.3 is 0 Å². The topological polar surface area (TPSA) is 44.9 Å². The summed E-state index contributed by atoms with van der Waals surface area (Å²) < 4.78 is 0. The standard InChI is InChI=1S/C19H20N2O/c1-14-5-4-6-15(11-14)9-10-20-13-17-12-16-7-2-3-8-18(16)21-19(17)22/h2-8,11-12,20H,9-10,13H2,1H3,(H,21,22). The van der Waals surface area contributed by atoms with Crippen LogP contribution in [0.2, 0.25) is 0 Å². The van der Waals surface area contributed by atoms with Gasteiger partial charge in [-0.05, 0) is 43.0 Å². The second-order valence-electron chi connectivity index (χ2n) is 5.63. The van der Waals surface area contributed by atoms with Crippen LogP contribution in [0.3, 0.4) is 0 Å². The van der Waals surface area contributed by atoms with E-state index in [0.717, 1.165) is 29.4 Å². The number of para-hydroxylation sites is 1. The molecule has 0 saturated heterocycles. The number of nitrogens with one attached hydrogen (secondary N) is 2. The molecule has 22 heavy (non-hydrogen) atoms. The highest BCUT2D eigenvalue weighted by atomic mass is 16.1. The van der Waals surface area contributed by atoms with Gasteiger partial charge in [0.15, 0.2) is 0 Å². The Balaban J connectivity index is 1.62. The third kappa shape index (κ3) is 3.43. The number of hydrogen-bond donors (Lipinski definition) is 2. The van der Waals surface area contributed by atoms with Crippen LogP contribution in [0.1, 0.15) is 16.7 Å². The number of aromatic nitrogens is 1. The summed E-state index contributed by atoms with van der Waals surface area (Å²) in [5, 5.41) is 4.42. The molecule has 0 spiro atoms. The summed E-state index contributed by atoms with van der Waals surface area (Å²) in [6, 6.07) is 18.3. The molecule has 0 unspecified atom stereocenters. The highest BCUT2D eigenvalue weighted by Gasteiger charge is 2.02. The van der Waals surface area contributed by atoms with Crippen LogP contribution in [0.4, 0.5) is 0 Å². The van der Waals surface area contributed by atoms with Gasteiger partial charge < -0.3 is 10.3 Å². The van der Waals surface area contributed by atoms with Crippen molar-refractivity contribution in [2.24, 2.45) is 0 Å². The molecule has 2 N–H and O–H groups in total. The van der Waals surface area contributed by atoms with E-state index in [4.69, 9.17) is 0 Å². The molecule has 0 atom stereocenters. The van der Waals surface area contributed by atoms with Gasteiger partial charge in [0.25, 0.3) is 5.56 Å². The summed E-state index contributed by atoms with van der Waals surface area (Å²) >= 11 is 0. The Labute approximate surface area is 130 Å². The van der Waals surface area contributed by atoms with Crippen LogP contribution < -0.4 is 10.9 Å². The van der Waals surface area contributed by atoms with E-state index < -0.39 is 0 Å². The van der Waals surface area contributed by atoms with E-state index in [-0.39, 0.29) is 5.56 Å². The lowest BCUT2D eigenvalue weighted by Crippen LogP contribution is -2.22. The zero-order valence-corrected chi connectivity index (χ0v) is 12.7. The van der Waals surface area contributed by atoms with Crippen LogP contribution in [0.25, 0.3) is 10.9 Å². The van der Waals surface area contributed by atoms with Gasteiger partial charge in [-0.3, -0.25) is 4.79 Å². The maximum Gasteiger partial charge on any atom is 0.252 e. The fourth-order valence-electron chi connectivity index (χ4n) is 2.65. The van der Waals surface area contributed by atoms with Crippen molar-refractivity contribution in [1.82, 2.24) is 10.3 Å². The van der Waals surface area contributed by atoms with Crippen molar-refractivity contribution in [3.05, 3.63) is 81.6 Å². The lowest BCUT2D eigenvalue weighted by atomic mass is 10.1. The molecule has 112 valence electrons. The van der Waals surface area contributed by atoms with Crippen LogP contribution in [-0.4, -0.2) is 11.5 Å². The molecule has 3 rings (SSSR count). The minimum Gasteiger partial charge on any atom is -0.322 e. The van der Waals surface area contributed by atoms with E-state index in [0.29, 0.717) is 6.54 Å². The predicted octanol–water partition coefficient (Wildman–Crippen LogP) is 3.17. The van der Waals surface area contributed by atoms with E-state index in [1.807, 2.05) is 30.3 Å². The molecule has 0 bridgehead atoms. The number of aryl methyl sites for hydroxylation is 1. The quantitative estimate of drug-likeness (QED) is 0.709. The van der Waals surface area contributed by atoms with Crippen molar-refractivity contribution in [3.8, 4) is 0 Å². The lowest BCUT2D eigenvalue weighted by Gasteiger charge is -2.06. The summed E-state index contributed by atoms with van der Waals surface area (Å²) in [7, 11) is 0. The smallest absolute Gasteiger partial charge is 0.252 e. The Kier molecular flexibility index (Phi) is 4.35. The fourth-order valence-corrected chi connectivity index (χ4v) is 2.65. The van der Waals surface area contributed by atoms with Gasteiger partial charge in [-0.15, -0.1) is 0 Å². The normalized spacial score (nSPS) is 11.0. The Morgan fingerprint density at radius 3 is 2.77 bits per heavy atom. The van der Waals surface area contributed by atoms with Gasteiger partial charge in [-0.2, -0.15) is 0 Å². The number of aromatic amines is 1. The van der Waals surface area contributed by atoms with Gasteiger partial charge in [0.1, 0.15) is 0 Å². The molecule has 3 heteroatoms. The minimum atomic E-state index is -0.0123. The third-order valence-corrected chi connectivity index (χ3v) is 3.82. The van der Waals surface area contributed by atoms with Crippen LogP contribution in [0.5, 0.6) is 0 Å². The summed E-state index contributed by atoms with van der Waals surface area (Å²) in [5.41, 5.74) is 4.25. The summed E-state index contributed by atoms with van der Waals surface area (Å²) in [4.78, 5) is 15.0. The maximum atomic E-state index is 12.0. The predicted molar refractivity (Wildman–Crippen MR) is 91.2 cm³/mol. The van der Waals surface area contributed by atoms with Crippen molar-refractivity contribution in [2.45, 2.75) is 19.9 Å². The Hall–Kier alpha value is -2.39. The number of pyridine rings is 1. The number of hydrogen-bond acceptors (Lipinski definition) is 2. The molecule has 3 aromatic rings. The van der Waals surface area contributed by atoms with Crippen molar-refractivity contribution < 1.29 is 0 Å². The Morgan fingerprint density at radius 2 is 1.91 bits per heavy atom. The van der Waals surface area contributed by atoms with E-state index >= 15 is 0 Å². The first kappa shape index (κ1) is 14.5. The second kappa shape index (κ2) is 6.58. The zero-order chi connectivity index (χ0) is 15.4. The van der Waals surface area contributed by atoms with Crippen LogP contribution in [-0.2, 0) is 13.0 Å². The molecular weight excluding hydrogens is 272 g/mol. The molecule has 3 nitrogen and oxygen atoms in total. The van der Waals surface area contributed by atoms with E-state index in [1.165, 1.54) is 11.1 Å². The monoisotopic (exact) mass is 292 g/mol. The zero-order valence-electron chi connectivity index (χ0n) is 12.7. The van der Waals surface area contributed by atoms with Crippen molar-refractivity contribution in [1.29, 1.82) is 0 Å². The molecule has 0 saturated carbocycles. The summed E-state index contributed by atoms with van der Waals surface area (Å²) in [5.74, 6) is 0. The largest absolute Gasteiger partial charge is 0.322 e. The molecule has 0 amide bonds. The summed E-state index contributed by atoms with van der Waals surface area (Å²) in [6.45, 7) is 3.55. The van der Waals surface area contributed by atoms with E-state index in [1.54, 1.807) is 0 Å². The van der Waals surface area contributed by atoms with Crippen molar-refractivity contribution in [3.63, 3.8) is 0 Å². The molecular formula is C19H20N2O. The number of benzene rings is 2. The first-order valence-corrected chi connectivity index (χ1v) is 7.59. The Morgan fingerprint density at radius 1 is 1.05 bits per heavy atom. The molecule has 2 aromatic carbocycles. The fraction of sp³-hybridized carbons (Fsp3) is 0.211. The summed E-state index contributed by atoms with van der Waals surface area (Å²) in [6.07, 6.45) is 0.965. The highest BCUT2D eigenvalue weighted by molar-refractivity contribution is 5.78. The third-order valence-electron chi connectivity index (χ3n) is 3.82. The van der Waals surface area contributed by atoms with Gasteiger partial charge in [0, 0.05) is 17.6 Å². The SMILES string of the molecule is Cc1cccc(CCNCc2cc3ccccc3[nH]c2=O)c1. The van der Waals surface area contributed by atoms with E-state index in [2.05, 4.69) is 41.5 Å². The van der Waals surface area contributed by atoms with Crippen LogP contribution >= 0.6 is 0 Å². The molecule has 0 aliphatic heterocycles. The maximum absolute atomic E-state index is 12.0. The average Bonchev–Trinajstić information content (AvgIpc) is 2.52. The van der Waals surface area contributed by atoms with Crippen LogP contribution in [0, 0.1) is 6.92 Å². The number of fused-ring (bicyclic) bond motifs is 1. The molecule has 0 aliphatic carbocycles. The number of rotatable bonds is 5. The van der Waals surface area contributed by atoms with Gasteiger partial charge in [-0.1, -0.05) is 48.0 Å². The van der Waals surface area contributed by atoms with Gasteiger partial charge in [0.05, 0.1) is 0 Å². The highest BCUT2D eigenvalue weighted by Crippen LogP contribution is 2.10. The average molecular weight is 292 g/mol. The number of H-pyrrole nitrogens is 1. The molecule has 1 heterocycles. The second-order valence-corrected chi connectivity index (χ2v) is 5.63. The van der Waals surface area contributed by atoms with Gasteiger partial charge in [0.2, 0.25) is 0 Å². The molecule has 0 aliphatic rings. The molecule has 1 aromatic heterocycles. The lowest BCUT2D eigenvalue weighted by molar-refractivity contribution is 0.682.